The zero-order chi connectivity index (χ0) is 12.1. The predicted molar refractivity (Wildman–Crippen MR) is 68.1 cm³/mol. The Morgan fingerprint density at radius 3 is 2.29 bits per heavy atom. The van der Waals surface area contributed by atoms with E-state index in [9.17, 15) is 0 Å². The third kappa shape index (κ3) is 2.91. The van der Waals surface area contributed by atoms with E-state index >= 15 is 0 Å². The number of rotatable bonds is 4. The van der Waals surface area contributed by atoms with Crippen molar-refractivity contribution in [3.8, 4) is 11.5 Å². The molecule has 0 saturated carbocycles. The quantitative estimate of drug-likeness (QED) is 0.871. The minimum Gasteiger partial charge on any atom is -0.497 e. The first-order chi connectivity index (χ1) is 8.31. The van der Waals surface area contributed by atoms with Gasteiger partial charge in [-0.1, -0.05) is 0 Å². The maximum Gasteiger partial charge on any atom is 0.120 e. The van der Waals surface area contributed by atoms with Crippen LogP contribution in [0.5, 0.6) is 11.5 Å². The summed E-state index contributed by atoms with van der Waals surface area (Å²) in [6, 6.07) is 16.4. The van der Waals surface area contributed by atoms with E-state index in [4.69, 9.17) is 9.47 Å². The van der Waals surface area contributed by atoms with Crippen molar-refractivity contribution in [3.63, 3.8) is 0 Å². The first-order valence-electron chi connectivity index (χ1n) is 5.28. The molecule has 0 amide bonds. The molecule has 0 heterocycles. The van der Waals surface area contributed by atoms with E-state index in [0.29, 0.717) is 0 Å². The first-order valence-corrected chi connectivity index (χ1v) is 5.28. The van der Waals surface area contributed by atoms with Gasteiger partial charge < -0.3 is 14.8 Å². The monoisotopic (exact) mass is 228 g/mol. The summed E-state index contributed by atoms with van der Waals surface area (Å²) in [6.45, 7) is 0. The standard InChI is InChI=1S/C14H14NO2/c1-16-13-8-6-11(7-9-13)15-12-4-3-5-14(10-12)17-2/h3,5-10,15H,1-2H3. The molecule has 0 aliphatic rings. The first kappa shape index (κ1) is 11.3. The number of nitrogens with one attached hydrogen (secondary N) is 1. The summed E-state index contributed by atoms with van der Waals surface area (Å²) in [7, 11) is 3.30. The van der Waals surface area contributed by atoms with Gasteiger partial charge in [0.05, 0.1) is 19.9 Å². The van der Waals surface area contributed by atoms with Crippen LogP contribution in [0.4, 0.5) is 11.4 Å². The van der Waals surface area contributed by atoms with Crippen molar-refractivity contribution in [1.82, 2.24) is 0 Å². The number of hydrogen-bond acceptors (Lipinski definition) is 3. The fraction of sp³-hybridized carbons (Fsp3) is 0.143. The molecule has 0 saturated heterocycles. The molecule has 87 valence electrons. The molecular weight excluding hydrogens is 214 g/mol. The molecule has 2 rings (SSSR count). The fourth-order valence-electron chi connectivity index (χ4n) is 1.47. The van der Waals surface area contributed by atoms with Crippen molar-refractivity contribution >= 4 is 11.4 Å². The molecule has 17 heavy (non-hydrogen) atoms. The molecule has 3 heteroatoms. The van der Waals surface area contributed by atoms with E-state index in [0.717, 1.165) is 22.9 Å². The van der Waals surface area contributed by atoms with Gasteiger partial charge in [0.1, 0.15) is 11.5 Å². The van der Waals surface area contributed by atoms with E-state index in [1.165, 1.54) is 0 Å². The van der Waals surface area contributed by atoms with Crippen LogP contribution >= 0.6 is 0 Å². The van der Waals surface area contributed by atoms with E-state index in [-0.39, 0.29) is 0 Å². The van der Waals surface area contributed by atoms with Gasteiger partial charge in [-0.15, -0.1) is 0 Å². The number of benzene rings is 2. The molecule has 3 nitrogen and oxygen atoms in total. The van der Waals surface area contributed by atoms with Gasteiger partial charge in [0.2, 0.25) is 0 Å². The molecule has 0 bridgehead atoms. The molecule has 1 radical (unpaired) electrons. The van der Waals surface area contributed by atoms with E-state index < -0.39 is 0 Å². The third-order valence-corrected chi connectivity index (χ3v) is 2.38. The van der Waals surface area contributed by atoms with Gasteiger partial charge >= 0.3 is 0 Å². The highest BCUT2D eigenvalue weighted by Crippen LogP contribution is 2.22. The third-order valence-electron chi connectivity index (χ3n) is 2.38. The zero-order valence-electron chi connectivity index (χ0n) is 9.86. The summed E-state index contributed by atoms with van der Waals surface area (Å²) >= 11 is 0. The molecule has 0 atom stereocenters. The Kier molecular flexibility index (Phi) is 3.50. The number of ether oxygens (including phenoxy) is 2. The molecule has 2 aromatic rings. The minimum atomic E-state index is 0.805. The van der Waals surface area contributed by atoms with Gasteiger partial charge in [0, 0.05) is 17.8 Å². The highest BCUT2D eigenvalue weighted by atomic mass is 16.5. The van der Waals surface area contributed by atoms with Crippen molar-refractivity contribution < 1.29 is 9.47 Å². The average molecular weight is 228 g/mol. The molecule has 0 unspecified atom stereocenters. The lowest BCUT2D eigenvalue weighted by atomic mass is 10.2. The van der Waals surface area contributed by atoms with Crippen molar-refractivity contribution in [3.05, 3.63) is 48.5 Å². The van der Waals surface area contributed by atoms with Gasteiger partial charge in [0.25, 0.3) is 0 Å². The van der Waals surface area contributed by atoms with Crippen LogP contribution in [0.3, 0.4) is 0 Å². The van der Waals surface area contributed by atoms with Crippen LogP contribution in [-0.2, 0) is 0 Å². The average Bonchev–Trinajstić information content (AvgIpc) is 2.40. The van der Waals surface area contributed by atoms with Crippen LogP contribution in [0, 0.1) is 6.07 Å². The Labute approximate surface area is 101 Å². The highest BCUT2D eigenvalue weighted by Gasteiger charge is 1.97. The molecule has 0 aliphatic heterocycles. The Morgan fingerprint density at radius 2 is 1.65 bits per heavy atom. The summed E-state index contributed by atoms with van der Waals surface area (Å²) in [5.74, 6) is 1.64. The van der Waals surface area contributed by atoms with Crippen molar-refractivity contribution in [2.24, 2.45) is 0 Å². The molecule has 1 N–H and O–H groups in total. The lowest BCUT2D eigenvalue weighted by Gasteiger charge is -2.08. The smallest absolute Gasteiger partial charge is 0.120 e. The summed E-state index contributed by atoms with van der Waals surface area (Å²) < 4.78 is 10.2. The van der Waals surface area contributed by atoms with Gasteiger partial charge in [-0.05, 0) is 36.4 Å². The molecule has 0 aromatic heterocycles. The molecule has 0 spiro atoms. The summed E-state index contributed by atoms with van der Waals surface area (Å²) in [5.41, 5.74) is 1.85. The molecule has 0 aliphatic carbocycles. The summed E-state index contributed by atoms with van der Waals surface area (Å²) in [6.07, 6.45) is 0. The Morgan fingerprint density at radius 1 is 0.941 bits per heavy atom. The summed E-state index contributed by atoms with van der Waals surface area (Å²) in [5, 5.41) is 3.24. The van der Waals surface area contributed by atoms with Gasteiger partial charge in [-0.3, -0.25) is 0 Å². The normalized spacial score (nSPS) is 9.76. The number of hydrogen-bond donors (Lipinski definition) is 1. The van der Waals surface area contributed by atoms with Crippen LogP contribution in [0.15, 0.2) is 42.5 Å². The molecule has 0 fully saturated rings. The Hall–Kier alpha value is -2.16. The lowest BCUT2D eigenvalue weighted by Crippen LogP contribution is -1.91. The van der Waals surface area contributed by atoms with Crippen LogP contribution < -0.4 is 14.8 Å². The Balaban J connectivity index is 2.13. The van der Waals surface area contributed by atoms with Crippen LogP contribution in [-0.4, -0.2) is 14.2 Å². The fourth-order valence-corrected chi connectivity index (χ4v) is 1.47. The van der Waals surface area contributed by atoms with Gasteiger partial charge in [-0.25, -0.2) is 0 Å². The highest BCUT2D eigenvalue weighted by molar-refractivity contribution is 5.61. The molecule has 2 aromatic carbocycles. The van der Waals surface area contributed by atoms with E-state index in [2.05, 4.69) is 11.4 Å². The largest absolute Gasteiger partial charge is 0.497 e. The van der Waals surface area contributed by atoms with Gasteiger partial charge in [0.15, 0.2) is 0 Å². The van der Waals surface area contributed by atoms with Gasteiger partial charge in [-0.2, -0.15) is 0 Å². The molecular formula is C14H14NO2. The second-order valence-corrected chi connectivity index (χ2v) is 3.50. The number of methoxy groups -OCH3 is 2. The second kappa shape index (κ2) is 5.25. The lowest BCUT2D eigenvalue weighted by molar-refractivity contribution is 0.414. The van der Waals surface area contributed by atoms with E-state index in [1.807, 2.05) is 42.5 Å². The van der Waals surface area contributed by atoms with Crippen LogP contribution in [0.2, 0.25) is 0 Å². The number of anilines is 2. The van der Waals surface area contributed by atoms with Crippen LogP contribution in [0.25, 0.3) is 0 Å². The maximum atomic E-state index is 5.15. The van der Waals surface area contributed by atoms with Crippen molar-refractivity contribution in [1.29, 1.82) is 0 Å². The van der Waals surface area contributed by atoms with E-state index in [1.54, 1.807) is 14.2 Å². The summed E-state index contributed by atoms with van der Waals surface area (Å²) in [4.78, 5) is 0. The zero-order valence-corrected chi connectivity index (χ0v) is 9.86. The maximum absolute atomic E-state index is 5.15. The van der Waals surface area contributed by atoms with Crippen molar-refractivity contribution in [2.45, 2.75) is 0 Å². The SMILES string of the molecule is COc1ccc(Nc2[c]ccc(OC)c2)cc1. The second-order valence-electron chi connectivity index (χ2n) is 3.50. The Bertz CT molecular complexity index is 480. The van der Waals surface area contributed by atoms with Crippen molar-refractivity contribution in [2.75, 3.05) is 19.5 Å². The predicted octanol–water partition coefficient (Wildman–Crippen LogP) is 3.25. The van der Waals surface area contributed by atoms with Crippen LogP contribution in [0.1, 0.15) is 0 Å². The topological polar surface area (TPSA) is 30.5 Å². The minimum absolute atomic E-state index is 0.805.